The molecule has 0 aliphatic carbocycles. The summed E-state index contributed by atoms with van der Waals surface area (Å²) in [6, 6.07) is 0. The highest BCUT2D eigenvalue weighted by atomic mass is 16.4. The minimum Gasteiger partial charge on any atom is -0.478 e. The Kier molecular flexibility index (Phi) is 4.44. The standard InChI is InChI=1S/C6H9NO2/c7-5-3-1-2-4-6(8)9/h1-4H,5,7H2,(H,8,9). The maximum atomic E-state index is 9.81. The number of rotatable bonds is 3. The fourth-order valence-corrected chi connectivity index (χ4v) is 0.295. The maximum Gasteiger partial charge on any atom is 0.328 e. The molecule has 0 aliphatic rings. The van der Waals surface area contributed by atoms with Gasteiger partial charge in [0.15, 0.2) is 0 Å². The summed E-state index contributed by atoms with van der Waals surface area (Å²) in [7, 11) is 0. The lowest BCUT2D eigenvalue weighted by molar-refractivity contribution is -0.131. The van der Waals surface area contributed by atoms with Crippen LogP contribution in [0.15, 0.2) is 24.3 Å². The van der Waals surface area contributed by atoms with Gasteiger partial charge in [-0.15, -0.1) is 0 Å². The van der Waals surface area contributed by atoms with Gasteiger partial charge < -0.3 is 10.8 Å². The van der Waals surface area contributed by atoms with Crippen LogP contribution in [0.1, 0.15) is 0 Å². The molecule has 0 aromatic rings. The van der Waals surface area contributed by atoms with Crippen molar-refractivity contribution in [3.63, 3.8) is 0 Å². The van der Waals surface area contributed by atoms with Gasteiger partial charge in [-0.2, -0.15) is 0 Å². The molecule has 0 aromatic heterocycles. The number of carboxylic acids is 1. The molecule has 0 rings (SSSR count). The molecule has 0 bridgehead atoms. The summed E-state index contributed by atoms with van der Waals surface area (Å²) in [5.41, 5.74) is 5.08. The molecular weight excluding hydrogens is 118 g/mol. The lowest BCUT2D eigenvalue weighted by atomic mass is 10.4. The first kappa shape index (κ1) is 7.91. The van der Waals surface area contributed by atoms with E-state index < -0.39 is 5.97 Å². The van der Waals surface area contributed by atoms with Crippen LogP contribution in [0.2, 0.25) is 0 Å². The molecular formula is C6H9NO2. The van der Waals surface area contributed by atoms with E-state index in [4.69, 9.17) is 10.8 Å². The van der Waals surface area contributed by atoms with E-state index in [2.05, 4.69) is 0 Å². The fraction of sp³-hybridized carbons (Fsp3) is 0.167. The van der Waals surface area contributed by atoms with Crippen LogP contribution in [-0.4, -0.2) is 17.6 Å². The zero-order valence-electron chi connectivity index (χ0n) is 4.95. The van der Waals surface area contributed by atoms with Crippen LogP contribution in [0.25, 0.3) is 0 Å². The molecule has 0 atom stereocenters. The lowest BCUT2D eigenvalue weighted by Crippen LogP contribution is -1.91. The molecule has 0 saturated carbocycles. The predicted molar refractivity (Wildman–Crippen MR) is 35.0 cm³/mol. The smallest absolute Gasteiger partial charge is 0.328 e. The van der Waals surface area contributed by atoms with Gasteiger partial charge in [-0.3, -0.25) is 0 Å². The van der Waals surface area contributed by atoms with Gasteiger partial charge in [0.1, 0.15) is 0 Å². The van der Waals surface area contributed by atoms with Crippen molar-refractivity contribution in [3.8, 4) is 0 Å². The first-order valence-electron chi connectivity index (χ1n) is 2.53. The molecule has 0 fully saturated rings. The van der Waals surface area contributed by atoms with Crippen LogP contribution in [0.3, 0.4) is 0 Å². The van der Waals surface area contributed by atoms with E-state index >= 15 is 0 Å². The molecule has 0 unspecified atom stereocenters. The average Bonchev–Trinajstić information content (AvgIpc) is 1.80. The number of aliphatic carboxylic acids is 1. The first-order valence-corrected chi connectivity index (χ1v) is 2.53. The van der Waals surface area contributed by atoms with Crippen LogP contribution in [0.4, 0.5) is 0 Å². The Morgan fingerprint density at radius 1 is 1.56 bits per heavy atom. The van der Waals surface area contributed by atoms with E-state index in [1.807, 2.05) is 0 Å². The van der Waals surface area contributed by atoms with Crippen LogP contribution in [0.5, 0.6) is 0 Å². The van der Waals surface area contributed by atoms with Crippen molar-refractivity contribution >= 4 is 5.97 Å². The Labute approximate surface area is 53.5 Å². The number of carboxylic acid groups (broad SMARTS) is 1. The van der Waals surface area contributed by atoms with Crippen molar-refractivity contribution in [1.29, 1.82) is 0 Å². The van der Waals surface area contributed by atoms with E-state index in [9.17, 15) is 4.79 Å². The molecule has 0 aromatic carbocycles. The second-order valence-electron chi connectivity index (χ2n) is 1.36. The summed E-state index contributed by atoms with van der Waals surface area (Å²) < 4.78 is 0. The topological polar surface area (TPSA) is 63.3 Å². The lowest BCUT2D eigenvalue weighted by Gasteiger charge is -1.75. The van der Waals surface area contributed by atoms with Crippen molar-refractivity contribution in [3.05, 3.63) is 24.3 Å². The van der Waals surface area contributed by atoms with Gasteiger partial charge in [-0.25, -0.2) is 4.79 Å². The third-order valence-corrected chi connectivity index (χ3v) is 0.622. The van der Waals surface area contributed by atoms with Crippen molar-refractivity contribution in [2.75, 3.05) is 6.54 Å². The highest BCUT2D eigenvalue weighted by Crippen LogP contribution is 1.74. The Hall–Kier alpha value is -1.09. The molecule has 3 nitrogen and oxygen atoms in total. The average molecular weight is 127 g/mol. The molecule has 3 heteroatoms. The Balaban J connectivity index is 3.47. The third kappa shape index (κ3) is 6.91. The van der Waals surface area contributed by atoms with E-state index in [1.54, 1.807) is 12.2 Å². The van der Waals surface area contributed by atoms with Crippen LogP contribution >= 0.6 is 0 Å². The molecule has 0 radical (unpaired) electrons. The van der Waals surface area contributed by atoms with Gasteiger partial charge >= 0.3 is 5.97 Å². The molecule has 0 aliphatic heterocycles. The molecule has 0 spiro atoms. The Bertz CT molecular complexity index is 138. The van der Waals surface area contributed by atoms with E-state index in [0.717, 1.165) is 6.08 Å². The number of hydrogen-bond acceptors (Lipinski definition) is 2. The summed E-state index contributed by atoms with van der Waals surface area (Å²) in [6.45, 7) is 0.434. The van der Waals surface area contributed by atoms with Crippen LogP contribution < -0.4 is 5.73 Å². The minimum absolute atomic E-state index is 0.434. The van der Waals surface area contributed by atoms with Gasteiger partial charge in [-0.1, -0.05) is 18.2 Å². The monoisotopic (exact) mass is 127 g/mol. The molecule has 9 heavy (non-hydrogen) atoms. The van der Waals surface area contributed by atoms with Crippen LogP contribution in [0, 0.1) is 0 Å². The summed E-state index contributed by atoms with van der Waals surface area (Å²) in [4.78, 5) is 9.81. The SMILES string of the molecule is NCC=CC=CC(=O)O. The normalized spacial score (nSPS) is 11.2. The van der Waals surface area contributed by atoms with Crippen molar-refractivity contribution < 1.29 is 9.90 Å². The third-order valence-electron chi connectivity index (χ3n) is 0.622. The van der Waals surface area contributed by atoms with E-state index in [0.29, 0.717) is 6.54 Å². The highest BCUT2D eigenvalue weighted by molar-refractivity contribution is 5.80. The highest BCUT2D eigenvalue weighted by Gasteiger charge is 1.78. The second-order valence-corrected chi connectivity index (χ2v) is 1.36. The summed E-state index contributed by atoms with van der Waals surface area (Å²) >= 11 is 0. The van der Waals surface area contributed by atoms with Gasteiger partial charge in [0, 0.05) is 12.6 Å². The first-order chi connectivity index (χ1) is 4.27. The van der Waals surface area contributed by atoms with Crippen molar-refractivity contribution in [2.24, 2.45) is 5.73 Å². The zero-order valence-corrected chi connectivity index (χ0v) is 4.95. The summed E-state index contributed by atoms with van der Waals surface area (Å²) in [6.07, 6.45) is 5.73. The van der Waals surface area contributed by atoms with Crippen molar-refractivity contribution in [1.82, 2.24) is 0 Å². The summed E-state index contributed by atoms with van der Waals surface area (Å²) in [5, 5.41) is 8.06. The van der Waals surface area contributed by atoms with Gasteiger partial charge in [-0.05, 0) is 0 Å². The molecule has 0 saturated heterocycles. The fourth-order valence-electron chi connectivity index (χ4n) is 0.295. The molecule has 50 valence electrons. The number of hydrogen-bond donors (Lipinski definition) is 2. The van der Waals surface area contributed by atoms with Crippen LogP contribution in [-0.2, 0) is 4.79 Å². The van der Waals surface area contributed by atoms with Crippen molar-refractivity contribution in [2.45, 2.75) is 0 Å². The number of nitrogens with two attached hydrogens (primary N) is 1. The summed E-state index contributed by atoms with van der Waals surface area (Å²) in [5.74, 6) is -0.948. The van der Waals surface area contributed by atoms with E-state index in [-0.39, 0.29) is 0 Å². The quantitative estimate of drug-likeness (QED) is 0.418. The van der Waals surface area contributed by atoms with E-state index in [1.165, 1.54) is 6.08 Å². The molecule has 0 amide bonds. The van der Waals surface area contributed by atoms with Gasteiger partial charge in [0.25, 0.3) is 0 Å². The number of carbonyl (C=O) groups is 1. The second kappa shape index (κ2) is 5.05. The minimum atomic E-state index is -0.948. The zero-order chi connectivity index (χ0) is 7.11. The molecule has 0 heterocycles. The number of allylic oxidation sites excluding steroid dienone is 2. The maximum absolute atomic E-state index is 9.81. The largest absolute Gasteiger partial charge is 0.478 e. The van der Waals surface area contributed by atoms with Gasteiger partial charge in [0.2, 0.25) is 0 Å². The predicted octanol–water partition coefficient (Wildman–Crippen LogP) is 0.142. The van der Waals surface area contributed by atoms with Gasteiger partial charge in [0.05, 0.1) is 0 Å². The Morgan fingerprint density at radius 2 is 2.22 bits per heavy atom. The molecule has 3 N–H and O–H groups in total. The Morgan fingerprint density at radius 3 is 2.67 bits per heavy atom.